The molecule has 0 saturated heterocycles. The number of carbonyl (C=O) groups excluding carboxylic acids is 1. The third-order valence-electron chi connectivity index (χ3n) is 2.07. The number of aryl methyl sites for hydroxylation is 1. The molecule has 0 saturated carbocycles. The molecular formula is C11H9F3N2O. The quantitative estimate of drug-likeness (QED) is 0.864. The molecular weight excluding hydrogens is 233 g/mol. The number of carbonyl (C=O) groups is 1. The van der Waals surface area contributed by atoms with Gasteiger partial charge in [-0.25, -0.2) is 0 Å². The largest absolute Gasteiger partial charge is 0.471 e. The fraction of sp³-hybridized carbons (Fsp3) is 0.273. The molecule has 1 amide bonds. The zero-order valence-corrected chi connectivity index (χ0v) is 8.88. The Bertz CT molecular complexity index is 445. The molecule has 0 bridgehead atoms. The molecule has 0 radical (unpaired) electrons. The summed E-state index contributed by atoms with van der Waals surface area (Å²) in [6.45, 7) is 1.81. The van der Waals surface area contributed by atoms with Crippen molar-refractivity contribution in [2.24, 2.45) is 0 Å². The first kappa shape index (κ1) is 13.0. The second-order valence-corrected chi connectivity index (χ2v) is 3.44. The highest BCUT2D eigenvalue weighted by atomic mass is 19.4. The van der Waals surface area contributed by atoms with Gasteiger partial charge in [0.1, 0.15) is 6.04 Å². The lowest BCUT2D eigenvalue weighted by Gasteiger charge is -2.13. The van der Waals surface area contributed by atoms with Crippen molar-refractivity contribution in [1.29, 1.82) is 5.26 Å². The Kier molecular flexibility index (Phi) is 3.73. The molecule has 0 aromatic heterocycles. The number of halogens is 3. The summed E-state index contributed by atoms with van der Waals surface area (Å²) in [7, 11) is 0. The number of nitrogens with one attached hydrogen (secondary N) is 1. The Labute approximate surface area is 95.9 Å². The summed E-state index contributed by atoms with van der Waals surface area (Å²) in [5.41, 5.74) is 1.23. The zero-order chi connectivity index (χ0) is 13.1. The molecule has 0 aliphatic rings. The van der Waals surface area contributed by atoms with Crippen molar-refractivity contribution in [1.82, 2.24) is 5.32 Å². The predicted molar refractivity (Wildman–Crippen MR) is 53.7 cm³/mol. The molecule has 0 heterocycles. The summed E-state index contributed by atoms with van der Waals surface area (Å²) in [5, 5.41) is 10.3. The number of nitrogens with zero attached hydrogens (tertiary/aromatic N) is 1. The van der Waals surface area contributed by atoms with E-state index in [9.17, 15) is 18.0 Å². The number of benzene rings is 1. The standard InChI is InChI=1S/C11H9F3N2O/c1-7-2-4-8(5-3-7)9(6-15)16-10(17)11(12,13)14/h2-5,9H,1H3,(H,16,17). The molecule has 1 N–H and O–H groups in total. The van der Waals surface area contributed by atoms with Crippen LogP contribution in [0.5, 0.6) is 0 Å². The van der Waals surface area contributed by atoms with E-state index in [-0.39, 0.29) is 0 Å². The maximum Gasteiger partial charge on any atom is 0.471 e. The number of amides is 1. The maximum atomic E-state index is 12.0. The third-order valence-corrected chi connectivity index (χ3v) is 2.07. The van der Waals surface area contributed by atoms with Gasteiger partial charge in [0, 0.05) is 0 Å². The molecule has 1 aromatic rings. The van der Waals surface area contributed by atoms with E-state index >= 15 is 0 Å². The zero-order valence-electron chi connectivity index (χ0n) is 8.88. The van der Waals surface area contributed by atoms with Gasteiger partial charge in [-0.2, -0.15) is 18.4 Å². The Morgan fingerprint density at radius 3 is 2.29 bits per heavy atom. The minimum Gasteiger partial charge on any atom is -0.329 e. The number of hydrogen-bond donors (Lipinski definition) is 1. The summed E-state index contributed by atoms with van der Waals surface area (Å²) >= 11 is 0. The molecule has 0 fully saturated rings. The lowest BCUT2D eigenvalue weighted by Crippen LogP contribution is -2.38. The van der Waals surface area contributed by atoms with Crippen LogP contribution in [-0.2, 0) is 4.79 Å². The molecule has 0 aliphatic heterocycles. The number of alkyl halides is 3. The Morgan fingerprint density at radius 1 is 1.35 bits per heavy atom. The van der Waals surface area contributed by atoms with Gasteiger partial charge in [0.15, 0.2) is 0 Å². The number of hydrogen-bond acceptors (Lipinski definition) is 2. The van der Waals surface area contributed by atoms with Crippen LogP contribution in [0, 0.1) is 18.3 Å². The van der Waals surface area contributed by atoms with Crippen molar-refractivity contribution >= 4 is 5.91 Å². The molecule has 3 nitrogen and oxygen atoms in total. The molecule has 0 spiro atoms. The first-order valence-electron chi connectivity index (χ1n) is 4.68. The molecule has 1 rings (SSSR count). The van der Waals surface area contributed by atoms with Crippen LogP contribution in [-0.4, -0.2) is 12.1 Å². The first-order valence-corrected chi connectivity index (χ1v) is 4.68. The second-order valence-electron chi connectivity index (χ2n) is 3.44. The van der Waals surface area contributed by atoms with Crippen LogP contribution in [0.2, 0.25) is 0 Å². The molecule has 90 valence electrons. The van der Waals surface area contributed by atoms with Crippen LogP contribution in [0.25, 0.3) is 0 Å². The average molecular weight is 242 g/mol. The lowest BCUT2D eigenvalue weighted by molar-refractivity contribution is -0.174. The van der Waals surface area contributed by atoms with Gasteiger partial charge >= 0.3 is 12.1 Å². The maximum absolute atomic E-state index is 12.0. The van der Waals surface area contributed by atoms with Gasteiger partial charge < -0.3 is 5.32 Å². The molecule has 6 heteroatoms. The van der Waals surface area contributed by atoms with E-state index in [4.69, 9.17) is 5.26 Å². The first-order chi connectivity index (χ1) is 7.84. The summed E-state index contributed by atoms with van der Waals surface area (Å²) in [6.07, 6.45) is -4.99. The number of nitriles is 1. The molecule has 17 heavy (non-hydrogen) atoms. The van der Waals surface area contributed by atoms with E-state index < -0.39 is 18.1 Å². The summed E-state index contributed by atoms with van der Waals surface area (Å²) in [6, 6.07) is 6.61. The lowest BCUT2D eigenvalue weighted by atomic mass is 10.1. The van der Waals surface area contributed by atoms with E-state index in [1.807, 2.05) is 0 Å². The molecule has 0 aliphatic carbocycles. The van der Waals surface area contributed by atoms with Gasteiger partial charge in [0.05, 0.1) is 6.07 Å². The Balaban J connectivity index is 2.84. The van der Waals surface area contributed by atoms with E-state index in [0.29, 0.717) is 5.56 Å². The van der Waals surface area contributed by atoms with Crippen molar-refractivity contribution in [3.63, 3.8) is 0 Å². The van der Waals surface area contributed by atoms with Gasteiger partial charge in [-0.3, -0.25) is 4.79 Å². The van der Waals surface area contributed by atoms with Crippen LogP contribution in [0.15, 0.2) is 24.3 Å². The highest BCUT2D eigenvalue weighted by Crippen LogP contribution is 2.18. The van der Waals surface area contributed by atoms with Crippen molar-refractivity contribution in [2.45, 2.75) is 19.1 Å². The minimum atomic E-state index is -4.99. The van der Waals surface area contributed by atoms with Crippen molar-refractivity contribution in [3.8, 4) is 6.07 Å². The van der Waals surface area contributed by atoms with Crippen LogP contribution < -0.4 is 5.32 Å². The Morgan fingerprint density at radius 2 is 1.88 bits per heavy atom. The second kappa shape index (κ2) is 4.87. The fourth-order valence-electron chi connectivity index (χ4n) is 1.16. The molecule has 1 atom stereocenters. The van der Waals surface area contributed by atoms with Gasteiger partial charge in [-0.1, -0.05) is 29.8 Å². The monoisotopic (exact) mass is 242 g/mol. The Hall–Kier alpha value is -2.03. The van der Waals surface area contributed by atoms with Gasteiger partial charge in [0.2, 0.25) is 0 Å². The van der Waals surface area contributed by atoms with Gasteiger partial charge in [-0.15, -0.1) is 0 Å². The van der Waals surface area contributed by atoms with Gasteiger partial charge in [0.25, 0.3) is 0 Å². The molecule has 1 aromatic carbocycles. The van der Waals surface area contributed by atoms with Crippen molar-refractivity contribution < 1.29 is 18.0 Å². The van der Waals surface area contributed by atoms with Crippen LogP contribution in [0.4, 0.5) is 13.2 Å². The topological polar surface area (TPSA) is 52.9 Å². The minimum absolute atomic E-state index is 0.315. The van der Waals surface area contributed by atoms with Crippen LogP contribution in [0.3, 0.4) is 0 Å². The molecule has 1 unspecified atom stereocenters. The SMILES string of the molecule is Cc1ccc(C(C#N)NC(=O)C(F)(F)F)cc1. The predicted octanol–water partition coefficient (Wildman–Crippen LogP) is 2.24. The highest BCUT2D eigenvalue weighted by molar-refractivity contribution is 5.82. The summed E-state index contributed by atoms with van der Waals surface area (Å²) in [5.74, 6) is -2.12. The number of rotatable bonds is 2. The average Bonchev–Trinajstić information content (AvgIpc) is 2.25. The summed E-state index contributed by atoms with van der Waals surface area (Å²) in [4.78, 5) is 10.7. The van der Waals surface area contributed by atoms with E-state index in [0.717, 1.165) is 5.56 Å². The highest BCUT2D eigenvalue weighted by Gasteiger charge is 2.39. The third kappa shape index (κ3) is 3.48. The van der Waals surface area contributed by atoms with E-state index in [2.05, 4.69) is 0 Å². The van der Waals surface area contributed by atoms with E-state index in [1.165, 1.54) is 12.1 Å². The van der Waals surface area contributed by atoms with Crippen molar-refractivity contribution in [2.75, 3.05) is 0 Å². The normalized spacial score (nSPS) is 12.6. The van der Waals surface area contributed by atoms with Crippen LogP contribution >= 0.6 is 0 Å². The van der Waals surface area contributed by atoms with Gasteiger partial charge in [-0.05, 0) is 12.5 Å². The fourth-order valence-corrected chi connectivity index (χ4v) is 1.16. The van der Waals surface area contributed by atoms with Crippen molar-refractivity contribution in [3.05, 3.63) is 35.4 Å². The van der Waals surface area contributed by atoms with Crippen LogP contribution in [0.1, 0.15) is 17.2 Å². The summed E-state index contributed by atoms with van der Waals surface area (Å²) < 4.78 is 36.0. The van der Waals surface area contributed by atoms with E-state index in [1.54, 1.807) is 30.4 Å². The smallest absolute Gasteiger partial charge is 0.329 e.